The highest BCUT2D eigenvalue weighted by atomic mass is 32.2. The summed E-state index contributed by atoms with van der Waals surface area (Å²) in [6.45, 7) is 4.88. The van der Waals surface area contributed by atoms with Gasteiger partial charge < -0.3 is 4.74 Å². The molecule has 1 saturated heterocycles. The third-order valence-corrected chi connectivity index (χ3v) is 6.76. The first kappa shape index (κ1) is 15.9. The molecule has 0 radical (unpaired) electrons. The van der Waals surface area contributed by atoms with Crippen LogP contribution in [0.3, 0.4) is 0 Å². The summed E-state index contributed by atoms with van der Waals surface area (Å²) < 4.78 is 5.54. The van der Waals surface area contributed by atoms with E-state index in [0.29, 0.717) is 17.1 Å². The van der Waals surface area contributed by atoms with Gasteiger partial charge in [-0.25, -0.2) is 0 Å². The maximum atomic E-state index is 5.84. The summed E-state index contributed by atoms with van der Waals surface area (Å²) in [5.74, 6) is 9.06. The van der Waals surface area contributed by atoms with Gasteiger partial charge >= 0.3 is 0 Å². The number of ether oxygens (including phenoxy) is 1. The molecule has 0 amide bonds. The van der Waals surface area contributed by atoms with Gasteiger partial charge in [0.05, 0.1) is 18.8 Å². The van der Waals surface area contributed by atoms with Crippen LogP contribution in [0.2, 0.25) is 0 Å². The number of nitrogens with two attached hydrogens (primary N) is 1. The number of hydrazine groups is 1. The minimum absolute atomic E-state index is 0.116. The number of nitrogens with one attached hydrogen (secondary N) is 1. The third-order valence-electron chi connectivity index (χ3n) is 3.41. The molecular formula is C14H23N3OS2. The van der Waals surface area contributed by atoms with E-state index >= 15 is 0 Å². The summed E-state index contributed by atoms with van der Waals surface area (Å²) in [5.41, 5.74) is 4.10. The molecule has 20 heavy (non-hydrogen) atoms. The van der Waals surface area contributed by atoms with Gasteiger partial charge in [0.25, 0.3) is 0 Å². The SMILES string of the molecule is CCOc1cncc(C(NN)C2SCCSC2CC)c1. The molecule has 4 nitrogen and oxygen atoms in total. The van der Waals surface area contributed by atoms with Gasteiger partial charge in [0, 0.05) is 28.2 Å². The summed E-state index contributed by atoms with van der Waals surface area (Å²) in [4.78, 5) is 4.28. The van der Waals surface area contributed by atoms with Gasteiger partial charge in [-0.15, -0.1) is 0 Å². The lowest BCUT2D eigenvalue weighted by molar-refractivity contribution is 0.337. The van der Waals surface area contributed by atoms with Crippen LogP contribution in [0.4, 0.5) is 0 Å². The molecule has 3 atom stereocenters. The molecule has 2 heterocycles. The second kappa shape index (κ2) is 8.12. The molecule has 0 aromatic carbocycles. The van der Waals surface area contributed by atoms with Crippen LogP contribution >= 0.6 is 23.5 Å². The number of aromatic nitrogens is 1. The van der Waals surface area contributed by atoms with E-state index in [2.05, 4.69) is 29.1 Å². The topological polar surface area (TPSA) is 60.2 Å². The molecule has 0 spiro atoms. The van der Waals surface area contributed by atoms with Crippen molar-refractivity contribution in [2.45, 2.75) is 36.8 Å². The van der Waals surface area contributed by atoms with E-state index < -0.39 is 0 Å². The zero-order chi connectivity index (χ0) is 14.4. The largest absolute Gasteiger partial charge is 0.492 e. The van der Waals surface area contributed by atoms with Gasteiger partial charge in [-0.3, -0.25) is 16.3 Å². The van der Waals surface area contributed by atoms with Gasteiger partial charge in [0.1, 0.15) is 5.75 Å². The second-order valence-corrected chi connectivity index (χ2v) is 7.32. The van der Waals surface area contributed by atoms with Crippen LogP contribution in [0.1, 0.15) is 31.9 Å². The van der Waals surface area contributed by atoms with Crippen LogP contribution < -0.4 is 16.0 Å². The van der Waals surface area contributed by atoms with E-state index in [1.165, 1.54) is 17.9 Å². The Morgan fingerprint density at radius 1 is 1.40 bits per heavy atom. The van der Waals surface area contributed by atoms with Gasteiger partial charge in [0.2, 0.25) is 0 Å². The molecule has 6 heteroatoms. The van der Waals surface area contributed by atoms with E-state index in [-0.39, 0.29) is 6.04 Å². The van der Waals surface area contributed by atoms with Crippen molar-refractivity contribution < 1.29 is 4.74 Å². The van der Waals surface area contributed by atoms with E-state index in [1.807, 2.05) is 30.9 Å². The van der Waals surface area contributed by atoms with Crippen molar-refractivity contribution in [3.05, 3.63) is 24.0 Å². The predicted octanol–water partition coefficient (Wildman–Crippen LogP) is 2.61. The van der Waals surface area contributed by atoms with Gasteiger partial charge in [0.15, 0.2) is 0 Å². The van der Waals surface area contributed by atoms with E-state index in [9.17, 15) is 0 Å². The molecular weight excluding hydrogens is 290 g/mol. The van der Waals surface area contributed by atoms with E-state index in [1.54, 1.807) is 6.20 Å². The van der Waals surface area contributed by atoms with Gasteiger partial charge in [-0.2, -0.15) is 23.5 Å². The first-order valence-corrected chi connectivity index (χ1v) is 9.17. The smallest absolute Gasteiger partial charge is 0.137 e. The summed E-state index contributed by atoms with van der Waals surface area (Å²) in [5, 5.41) is 1.10. The average molecular weight is 313 g/mol. The number of nitrogens with zero attached hydrogens (tertiary/aromatic N) is 1. The highest BCUT2D eigenvalue weighted by molar-refractivity contribution is 8.07. The monoisotopic (exact) mass is 313 g/mol. The van der Waals surface area contributed by atoms with Crippen molar-refractivity contribution in [2.24, 2.45) is 5.84 Å². The van der Waals surface area contributed by atoms with Crippen LogP contribution in [0.5, 0.6) is 5.75 Å². The lowest BCUT2D eigenvalue weighted by Crippen LogP contribution is -2.41. The summed E-state index contributed by atoms with van der Waals surface area (Å²) in [6, 6.07) is 2.17. The number of hydrogen-bond donors (Lipinski definition) is 2. The molecule has 0 aliphatic carbocycles. The maximum Gasteiger partial charge on any atom is 0.137 e. The van der Waals surface area contributed by atoms with Crippen LogP contribution in [-0.2, 0) is 0 Å². The Hall–Kier alpha value is -0.430. The van der Waals surface area contributed by atoms with Crippen molar-refractivity contribution in [1.82, 2.24) is 10.4 Å². The first-order valence-electron chi connectivity index (χ1n) is 7.07. The van der Waals surface area contributed by atoms with Crippen molar-refractivity contribution in [3.63, 3.8) is 0 Å². The molecule has 1 aromatic heterocycles. The third kappa shape index (κ3) is 3.81. The Kier molecular flexibility index (Phi) is 6.48. The molecule has 3 unspecified atom stereocenters. The Balaban J connectivity index is 2.19. The Bertz CT molecular complexity index is 419. The normalized spacial score (nSPS) is 24.4. The minimum atomic E-state index is 0.116. The number of rotatable bonds is 6. The van der Waals surface area contributed by atoms with E-state index in [0.717, 1.165) is 11.3 Å². The first-order chi connectivity index (χ1) is 9.80. The zero-order valence-corrected chi connectivity index (χ0v) is 13.7. The summed E-state index contributed by atoms with van der Waals surface area (Å²) in [7, 11) is 0. The van der Waals surface area contributed by atoms with Crippen LogP contribution in [0, 0.1) is 0 Å². The summed E-state index contributed by atoms with van der Waals surface area (Å²) >= 11 is 4.07. The highest BCUT2D eigenvalue weighted by Crippen LogP contribution is 2.40. The van der Waals surface area contributed by atoms with Crippen molar-refractivity contribution in [2.75, 3.05) is 18.1 Å². The predicted molar refractivity (Wildman–Crippen MR) is 88.3 cm³/mol. The lowest BCUT2D eigenvalue weighted by Gasteiger charge is -2.35. The molecule has 112 valence electrons. The Labute approximate surface area is 129 Å². The standard InChI is InChI=1S/C14H23N3OS2/c1-3-12-14(20-6-5-19-12)13(17-15)10-7-11(18-4-2)9-16-8-10/h7-9,12-14,17H,3-6,15H2,1-2H3. The fourth-order valence-corrected chi connectivity index (χ4v) is 5.71. The zero-order valence-electron chi connectivity index (χ0n) is 12.0. The van der Waals surface area contributed by atoms with Crippen molar-refractivity contribution >= 4 is 23.5 Å². The molecule has 1 aromatic rings. The van der Waals surface area contributed by atoms with Crippen molar-refractivity contribution in [1.29, 1.82) is 0 Å². The molecule has 2 rings (SSSR count). The lowest BCUT2D eigenvalue weighted by atomic mass is 10.0. The number of pyridine rings is 1. The highest BCUT2D eigenvalue weighted by Gasteiger charge is 2.32. The fraction of sp³-hybridized carbons (Fsp3) is 0.643. The summed E-state index contributed by atoms with van der Waals surface area (Å²) in [6.07, 6.45) is 4.80. The Morgan fingerprint density at radius 2 is 2.20 bits per heavy atom. The molecule has 1 aliphatic heterocycles. The quantitative estimate of drug-likeness (QED) is 0.622. The van der Waals surface area contributed by atoms with Crippen molar-refractivity contribution in [3.8, 4) is 5.75 Å². The average Bonchev–Trinajstić information content (AvgIpc) is 2.49. The maximum absolute atomic E-state index is 5.84. The molecule has 3 N–H and O–H groups in total. The molecule has 1 fully saturated rings. The molecule has 1 aliphatic rings. The minimum Gasteiger partial charge on any atom is -0.492 e. The number of hydrogen-bond acceptors (Lipinski definition) is 6. The second-order valence-electron chi connectivity index (χ2n) is 4.68. The van der Waals surface area contributed by atoms with Crippen LogP contribution in [-0.4, -0.2) is 33.6 Å². The number of thioether (sulfide) groups is 2. The van der Waals surface area contributed by atoms with Gasteiger partial charge in [-0.1, -0.05) is 6.92 Å². The molecule has 0 saturated carbocycles. The van der Waals surface area contributed by atoms with E-state index in [4.69, 9.17) is 10.6 Å². The van der Waals surface area contributed by atoms with Crippen LogP contribution in [0.15, 0.2) is 18.5 Å². The fourth-order valence-electron chi connectivity index (χ4n) is 2.48. The molecule has 0 bridgehead atoms. The van der Waals surface area contributed by atoms with Gasteiger partial charge in [-0.05, 0) is 25.0 Å². The Morgan fingerprint density at radius 3 is 2.90 bits per heavy atom. The van der Waals surface area contributed by atoms with Crippen LogP contribution in [0.25, 0.3) is 0 Å².